The first kappa shape index (κ1) is 18.5. The van der Waals surface area contributed by atoms with E-state index in [0.29, 0.717) is 17.0 Å². The number of ether oxygens (including phenoxy) is 1. The number of carbonyl (C=O) groups excluding carboxylic acids is 3. The van der Waals surface area contributed by atoms with Gasteiger partial charge in [0.2, 0.25) is 5.91 Å². The standard InChI is InChI=1S/C19H16F2N2O4/c1-10(19(26)22-13-4-5-14(20)15(21)8-13)23-16-7-12(11(2)24)3-6-17(16)27-9-18(23)25/h3-8,10H,9H2,1-2H3,(H,22,26). The third kappa shape index (κ3) is 3.64. The average molecular weight is 374 g/mol. The van der Waals surface area contributed by atoms with Crippen LogP contribution in [0.3, 0.4) is 0 Å². The van der Waals surface area contributed by atoms with Gasteiger partial charge in [-0.15, -0.1) is 0 Å². The number of Topliss-reactive ketones (excluding diaryl/α,β-unsaturated/α-hetero) is 1. The molecule has 0 bridgehead atoms. The van der Waals surface area contributed by atoms with E-state index in [1.54, 1.807) is 12.1 Å². The number of ketones is 1. The fourth-order valence-electron chi connectivity index (χ4n) is 2.75. The lowest BCUT2D eigenvalue weighted by atomic mass is 10.1. The monoisotopic (exact) mass is 374 g/mol. The molecule has 0 radical (unpaired) electrons. The number of amides is 2. The third-order valence-electron chi connectivity index (χ3n) is 4.20. The predicted molar refractivity (Wildman–Crippen MR) is 93.9 cm³/mol. The van der Waals surface area contributed by atoms with Gasteiger partial charge in [-0.05, 0) is 44.2 Å². The Morgan fingerprint density at radius 3 is 2.56 bits per heavy atom. The van der Waals surface area contributed by atoms with Crippen LogP contribution in [-0.4, -0.2) is 30.2 Å². The van der Waals surface area contributed by atoms with Gasteiger partial charge in [0.05, 0.1) is 5.69 Å². The van der Waals surface area contributed by atoms with Crippen LogP contribution in [0.15, 0.2) is 36.4 Å². The Bertz CT molecular complexity index is 945. The molecule has 3 rings (SSSR count). The summed E-state index contributed by atoms with van der Waals surface area (Å²) in [6.45, 7) is 2.62. The first-order valence-corrected chi connectivity index (χ1v) is 8.13. The summed E-state index contributed by atoms with van der Waals surface area (Å²) in [5, 5.41) is 2.45. The van der Waals surface area contributed by atoms with Gasteiger partial charge in [0.15, 0.2) is 24.0 Å². The molecule has 0 saturated heterocycles. The summed E-state index contributed by atoms with van der Waals surface area (Å²) in [6.07, 6.45) is 0. The highest BCUT2D eigenvalue weighted by Gasteiger charge is 2.33. The number of benzene rings is 2. The maximum absolute atomic E-state index is 13.3. The zero-order valence-electron chi connectivity index (χ0n) is 14.6. The van der Waals surface area contributed by atoms with Gasteiger partial charge in [0, 0.05) is 17.3 Å². The number of halogens is 2. The summed E-state index contributed by atoms with van der Waals surface area (Å²) in [5.41, 5.74) is 0.723. The van der Waals surface area contributed by atoms with Crippen molar-refractivity contribution in [2.24, 2.45) is 0 Å². The molecule has 2 aromatic carbocycles. The largest absolute Gasteiger partial charge is 0.482 e. The van der Waals surface area contributed by atoms with Crippen molar-refractivity contribution < 1.29 is 27.9 Å². The summed E-state index contributed by atoms with van der Waals surface area (Å²) < 4.78 is 31.7. The van der Waals surface area contributed by atoms with Crippen molar-refractivity contribution in [1.82, 2.24) is 0 Å². The van der Waals surface area contributed by atoms with Crippen molar-refractivity contribution in [2.75, 3.05) is 16.8 Å². The van der Waals surface area contributed by atoms with Crippen LogP contribution in [0.1, 0.15) is 24.2 Å². The van der Waals surface area contributed by atoms with Gasteiger partial charge < -0.3 is 10.1 Å². The van der Waals surface area contributed by atoms with Crippen LogP contribution < -0.4 is 15.0 Å². The molecule has 2 amide bonds. The zero-order valence-corrected chi connectivity index (χ0v) is 14.6. The van der Waals surface area contributed by atoms with Gasteiger partial charge in [-0.3, -0.25) is 19.3 Å². The van der Waals surface area contributed by atoms with E-state index in [1.165, 1.54) is 30.9 Å². The highest BCUT2D eigenvalue weighted by atomic mass is 19.2. The second kappa shape index (κ2) is 7.14. The highest BCUT2D eigenvalue weighted by molar-refractivity contribution is 6.07. The Labute approximate surface area is 153 Å². The number of carbonyl (C=O) groups is 3. The molecule has 1 aliphatic rings. The van der Waals surface area contributed by atoms with Crippen LogP contribution in [0.25, 0.3) is 0 Å². The number of anilines is 2. The van der Waals surface area contributed by atoms with Crippen LogP contribution in [0.4, 0.5) is 20.2 Å². The molecule has 0 spiro atoms. The van der Waals surface area contributed by atoms with E-state index in [-0.39, 0.29) is 18.1 Å². The molecule has 140 valence electrons. The van der Waals surface area contributed by atoms with Crippen molar-refractivity contribution in [1.29, 1.82) is 0 Å². The average Bonchev–Trinajstić information content (AvgIpc) is 2.63. The maximum atomic E-state index is 13.3. The van der Waals surface area contributed by atoms with Gasteiger partial charge in [0.1, 0.15) is 11.8 Å². The molecule has 1 atom stereocenters. The maximum Gasteiger partial charge on any atom is 0.265 e. The SMILES string of the molecule is CC(=O)c1ccc2c(c1)N(C(C)C(=O)Nc1ccc(F)c(F)c1)C(=O)CO2. The molecule has 0 saturated carbocycles. The van der Waals surface area contributed by atoms with Gasteiger partial charge >= 0.3 is 0 Å². The lowest BCUT2D eigenvalue weighted by molar-refractivity contribution is -0.125. The van der Waals surface area contributed by atoms with Crippen LogP contribution in [-0.2, 0) is 9.59 Å². The van der Waals surface area contributed by atoms with E-state index < -0.39 is 29.5 Å². The summed E-state index contributed by atoms with van der Waals surface area (Å²) in [4.78, 5) is 37.8. The molecule has 1 heterocycles. The molecule has 0 fully saturated rings. The summed E-state index contributed by atoms with van der Waals surface area (Å²) in [7, 11) is 0. The fourth-order valence-corrected chi connectivity index (χ4v) is 2.75. The van der Waals surface area contributed by atoms with Crippen LogP contribution in [0.2, 0.25) is 0 Å². The number of nitrogens with one attached hydrogen (secondary N) is 1. The molecule has 1 unspecified atom stereocenters. The first-order chi connectivity index (χ1) is 12.8. The summed E-state index contributed by atoms with van der Waals surface area (Å²) in [5.74, 6) is -3.03. The molecule has 0 aliphatic carbocycles. The lowest BCUT2D eigenvalue weighted by Crippen LogP contribution is -2.49. The minimum atomic E-state index is -1.10. The molecular formula is C19H16F2N2O4. The van der Waals surface area contributed by atoms with Crippen LogP contribution in [0, 0.1) is 11.6 Å². The van der Waals surface area contributed by atoms with Crippen LogP contribution >= 0.6 is 0 Å². The minimum Gasteiger partial charge on any atom is -0.482 e. The fraction of sp³-hybridized carbons (Fsp3) is 0.211. The van der Waals surface area contributed by atoms with Gasteiger partial charge in [-0.25, -0.2) is 8.78 Å². The smallest absolute Gasteiger partial charge is 0.265 e. The normalized spacial score (nSPS) is 14.2. The molecular weight excluding hydrogens is 358 g/mol. The molecule has 2 aromatic rings. The number of rotatable bonds is 4. The molecule has 1 N–H and O–H groups in total. The predicted octanol–water partition coefficient (Wildman–Crippen LogP) is 2.92. The Morgan fingerprint density at radius 1 is 1.15 bits per heavy atom. The van der Waals surface area contributed by atoms with Gasteiger partial charge in [0.25, 0.3) is 5.91 Å². The highest BCUT2D eigenvalue weighted by Crippen LogP contribution is 2.34. The van der Waals surface area contributed by atoms with Crippen LogP contribution in [0.5, 0.6) is 5.75 Å². The van der Waals surface area contributed by atoms with E-state index in [1.807, 2.05) is 0 Å². The quantitative estimate of drug-likeness (QED) is 0.835. The van der Waals surface area contributed by atoms with E-state index in [0.717, 1.165) is 12.1 Å². The van der Waals surface area contributed by atoms with Crippen molar-refractivity contribution in [3.8, 4) is 5.75 Å². The van der Waals surface area contributed by atoms with Crippen molar-refractivity contribution in [3.63, 3.8) is 0 Å². The van der Waals surface area contributed by atoms with Crippen molar-refractivity contribution in [2.45, 2.75) is 19.9 Å². The second-order valence-corrected chi connectivity index (χ2v) is 6.09. The third-order valence-corrected chi connectivity index (χ3v) is 4.20. The molecule has 1 aliphatic heterocycles. The van der Waals surface area contributed by atoms with Crippen molar-refractivity contribution >= 4 is 29.0 Å². The van der Waals surface area contributed by atoms with E-state index in [9.17, 15) is 23.2 Å². The number of hydrogen-bond acceptors (Lipinski definition) is 4. The summed E-state index contributed by atoms with van der Waals surface area (Å²) >= 11 is 0. The van der Waals surface area contributed by atoms with E-state index in [4.69, 9.17) is 4.74 Å². The number of nitrogens with zero attached hydrogens (tertiary/aromatic N) is 1. The number of hydrogen-bond donors (Lipinski definition) is 1. The molecule has 0 aromatic heterocycles. The Kier molecular flexibility index (Phi) is 4.89. The van der Waals surface area contributed by atoms with Gasteiger partial charge in [-0.1, -0.05) is 0 Å². The Hall–Kier alpha value is -3.29. The van der Waals surface area contributed by atoms with E-state index in [2.05, 4.69) is 5.32 Å². The zero-order chi connectivity index (χ0) is 19.7. The Balaban J connectivity index is 1.89. The van der Waals surface area contributed by atoms with E-state index >= 15 is 0 Å². The minimum absolute atomic E-state index is 0.0594. The molecule has 27 heavy (non-hydrogen) atoms. The first-order valence-electron chi connectivity index (χ1n) is 8.13. The molecule has 6 nitrogen and oxygen atoms in total. The van der Waals surface area contributed by atoms with Crippen molar-refractivity contribution in [3.05, 3.63) is 53.6 Å². The summed E-state index contributed by atoms with van der Waals surface area (Å²) in [6, 6.07) is 6.59. The lowest BCUT2D eigenvalue weighted by Gasteiger charge is -2.33. The number of fused-ring (bicyclic) bond motifs is 1. The topological polar surface area (TPSA) is 75.7 Å². The Morgan fingerprint density at radius 2 is 1.89 bits per heavy atom. The molecule has 8 heteroatoms. The second-order valence-electron chi connectivity index (χ2n) is 6.09. The van der Waals surface area contributed by atoms with Gasteiger partial charge in [-0.2, -0.15) is 0 Å².